The number of benzene rings is 2. The van der Waals surface area contributed by atoms with Gasteiger partial charge in [-0.15, -0.1) is 11.3 Å². The lowest BCUT2D eigenvalue weighted by Crippen LogP contribution is -2.11. The van der Waals surface area contributed by atoms with Gasteiger partial charge >= 0.3 is 0 Å². The van der Waals surface area contributed by atoms with Crippen LogP contribution in [0.15, 0.2) is 53.9 Å². The summed E-state index contributed by atoms with van der Waals surface area (Å²) in [7, 11) is 0. The van der Waals surface area contributed by atoms with Gasteiger partial charge in [-0.3, -0.25) is 0 Å². The smallest absolute Gasteiger partial charge is 0.100 e. The van der Waals surface area contributed by atoms with Crippen molar-refractivity contribution in [2.75, 3.05) is 0 Å². The Labute approximate surface area is 122 Å². The number of fused-ring (bicyclic) bond motifs is 1. The standard InChI is InChI=1S/C17H14N2S/c18-9-13-8-16(20-12-13)11-19-10-15-6-3-5-14-4-1-2-7-17(14)15/h1-8,12,19H,10-11H2. The zero-order chi connectivity index (χ0) is 13.8. The summed E-state index contributed by atoms with van der Waals surface area (Å²) in [6.07, 6.45) is 0. The Morgan fingerprint density at radius 2 is 1.90 bits per heavy atom. The molecule has 0 atom stereocenters. The molecule has 0 fully saturated rings. The third-order valence-corrected chi connectivity index (χ3v) is 4.21. The van der Waals surface area contributed by atoms with Crippen molar-refractivity contribution in [1.29, 1.82) is 5.26 Å². The highest BCUT2D eigenvalue weighted by Gasteiger charge is 2.01. The average molecular weight is 278 g/mol. The number of thiophene rings is 1. The molecule has 0 aliphatic rings. The van der Waals surface area contributed by atoms with E-state index < -0.39 is 0 Å². The molecule has 20 heavy (non-hydrogen) atoms. The summed E-state index contributed by atoms with van der Waals surface area (Å²) < 4.78 is 0. The van der Waals surface area contributed by atoms with E-state index in [0.717, 1.165) is 18.7 Å². The molecule has 98 valence electrons. The van der Waals surface area contributed by atoms with E-state index in [1.54, 1.807) is 11.3 Å². The van der Waals surface area contributed by atoms with E-state index in [9.17, 15) is 0 Å². The van der Waals surface area contributed by atoms with Gasteiger partial charge in [0.2, 0.25) is 0 Å². The molecule has 0 spiro atoms. The zero-order valence-corrected chi connectivity index (χ0v) is 11.8. The number of nitriles is 1. The summed E-state index contributed by atoms with van der Waals surface area (Å²) in [6, 6.07) is 18.9. The molecule has 0 saturated heterocycles. The van der Waals surface area contributed by atoms with E-state index >= 15 is 0 Å². The Balaban J connectivity index is 1.70. The number of hydrogen-bond donors (Lipinski definition) is 1. The van der Waals surface area contributed by atoms with Gasteiger partial charge in [0.25, 0.3) is 0 Å². The van der Waals surface area contributed by atoms with Crippen LogP contribution in [0.5, 0.6) is 0 Å². The van der Waals surface area contributed by atoms with Crippen LogP contribution in [0.1, 0.15) is 16.0 Å². The lowest BCUT2D eigenvalue weighted by atomic mass is 10.0. The molecule has 0 aliphatic heterocycles. The third kappa shape index (κ3) is 2.72. The highest BCUT2D eigenvalue weighted by molar-refractivity contribution is 7.10. The summed E-state index contributed by atoms with van der Waals surface area (Å²) in [5, 5.41) is 16.7. The first-order valence-electron chi connectivity index (χ1n) is 6.52. The van der Waals surface area contributed by atoms with Crippen LogP contribution in [0, 0.1) is 11.3 Å². The third-order valence-electron chi connectivity index (χ3n) is 3.28. The highest BCUT2D eigenvalue weighted by atomic mass is 32.1. The van der Waals surface area contributed by atoms with Gasteiger partial charge < -0.3 is 5.32 Å². The van der Waals surface area contributed by atoms with Crippen LogP contribution in [-0.4, -0.2) is 0 Å². The van der Waals surface area contributed by atoms with Crippen molar-refractivity contribution in [3.8, 4) is 6.07 Å². The van der Waals surface area contributed by atoms with Crippen LogP contribution >= 0.6 is 11.3 Å². The van der Waals surface area contributed by atoms with E-state index in [1.807, 2.05) is 11.4 Å². The Bertz CT molecular complexity index is 763. The molecule has 0 unspecified atom stereocenters. The second-order valence-electron chi connectivity index (χ2n) is 4.66. The molecule has 0 radical (unpaired) electrons. The molecule has 3 aromatic rings. The van der Waals surface area contributed by atoms with E-state index in [2.05, 4.69) is 53.9 Å². The summed E-state index contributed by atoms with van der Waals surface area (Å²) in [4.78, 5) is 1.20. The SMILES string of the molecule is N#Cc1csc(CNCc2cccc3ccccc23)c1. The quantitative estimate of drug-likeness (QED) is 0.781. The van der Waals surface area contributed by atoms with Gasteiger partial charge in [-0.1, -0.05) is 42.5 Å². The van der Waals surface area contributed by atoms with Gasteiger partial charge in [0.1, 0.15) is 6.07 Å². The molecule has 1 N–H and O–H groups in total. The van der Waals surface area contributed by atoms with Gasteiger partial charge in [0, 0.05) is 23.3 Å². The molecule has 0 saturated carbocycles. The van der Waals surface area contributed by atoms with E-state index in [4.69, 9.17) is 5.26 Å². The number of nitrogens with zero attached hydrogens (tertiary/aromatic N) is 1. The van der Waals surface area contributed by atoms with Gasteiger partial charge in [0.15, 0.2) is 0 Å². The zero-order valence-electron chi connectivity index (χ0n) is 11.0. The summed E-state index contributed by atoms with van der Waals surface area (Å²) in [5.41, 5.74) is 2.05. The number of rotatable bonds is 4. The average Bonchev–Trinajstić information content (AvgIpc) is 2.95. The predicted molar refractivity (Wildman–Crippen MR) is 83.5 cm³/mol. The second-order valence-corrected chi connectivity index (χ2v) is 5.65. The van der Waals surface area contributed by atoms with Gasteiger partial charge in [-0.2, -0.15) is 5.26 Å². The maximum Gasteiger partial charge on any atom is 0.100 e. The first kappa shape index (κ1) is 12.9. The maximum atomic E-state index is 8.81. The largest absolute Gasteiger partial charge is 0.308 e. The van der Waals surface area contributed by atoms with Crippen LogP contribution in [0.4, 0.5) is 0 Å². The first-order chi connectivity index (χ1) is 9.86. The van der Waals surface area contributed by atoms with Crippen LogP contribution in [0.2, 0.25) is 0 Å². The molecule has 0 bridgehead atoms. The predicted octanol–water partition coefficient (Wildman–Crippen LogP) is 4.06. The van der Waals surface area contributed by atoms with Crippen LogP contribution < -0.4 is 5.32 Å². The fraction of sp³-hybridized carbons (Fsp3) is 0.118. The molecule has 2 nitrogen and oxygen atoms in total. The molecule has 0 aliphatic carbocycles. The minimum absolute atomic E-state index is 0.747. The Morgan fingerprint density at radius 3 is 2.75 bits per heavy atom. The fourth-order valence-corrected chi connectivity index (χ4v) is 3.08. The minimum atomic E-state index is 0.747. The maximum absolute atomic E-state index is 8.81. The van der Waals surface area contributed by atoms with Crippen molar-refractivity contribution in [3.63, 3.8) is 0 Å². The van der Waals surface area contributed by atoms with Gasteiger partial charge in [0.05, 0.1) is 5.56 Å². The van der Waals surface area contributed by atoms with Crippen molar-refractivity contribution >= 4 is 22.1 Å². The van der Waals surface area contributed by atoms with Gasteiger partial charge in [-0.25, -0.2) is 0 Å². The molecule has 0 amide bonds. The minimum Gasteiger partial charge on any atom is -0.308 e. The topological polar surface area (TPSA) is 35.8 Å². The lowest BCUT2D eigenvalue weighted by molar-refractivity contribution is 0.704. The van der Waals surface area contributed by atoms with Crippen molar-refractivity contribution in [2.24, 2.45) is 0 Å². The number of hydrogen-bond acceptors (Lipinski definition) is 3. The van der Waals surface area contributed by atoms with E-state index in [-0.39, 0.29) is 0 Å². The molecule has 2 aromatic carbocycles. The monoisotopic (exact) mass is 278 g/mol. The fourth-order valence-electron chi connectivity index (χ4n) is 2.30. The summed E-state index contributed by atoms with van der Waals surface area (Å²) >= 11 is 1.63. The van der Waals surface area contributed by atoms with Crippen LogP contribution in [0.25, 0.3) is 10.8 Å². The molecule has 1 aromatic heterocycles. The second kappa shape index (κ2) is 5.87. The Hall–Kier alpha value is -2.15. The molecule has 3 heteroatoms. The summed E-state index contributed by atoms with van der Waals surface area (Å²) in [5.74, 6) is 0. The van der Waals surface area contributed by atoms with Gasteiger partial charge in [-0.05, 0) is 22.4 Å². The summed E-state index contributed by atoms with van der Waals surface area (Å²) in [6.45, 7) is 1.64. The van der Waals surface area contributed by atoms with Crippen molar-refractivity contribution in [1.82, 2.24) is 5.32 Å². The molecular formula is C17H14N2S. The lowest BCUT2D eigenvalue weighted by Gasteiger charge is -2.07. The van der Waals surface area contributed by atoms with Crippen LogP contribution in [0.3, 0.4) is 0 Å². The number of nitrogens with one attached hydrogen (secondary N) is 1. The van der Waals surface area contributed by atoms with Crippen LogP contribution in [-0.2, 0) is 13.1 Å². The normalized spacial score (nSPS) is 10.6. The molecule has 1 heterocycles. The molecular weight excluding hydrogens is 264 g/mol. The highest BCUT2D eigenvalue weighted by Crippen LogP contribution is 2.19. The van der Waals surface area contributed by atoms with Crippen molar-refractivity contribution < 1.29 is 0 Å². The molecule has 3 rings (SSSR count). The van der Waals surface area contributed by atoms with Crippen molar-refractivity contribution in [3.05, 3.63) is 69.9 Å². The van der Waals surface area contributed by atoms with E-state index in [1.165, 1.54) is 21.2 Å². The van der Waals surface area contributed by atoms with Crippen molar-refractivity contribution in [2.45, 2.75) is 13.1 Å². The Morgan fingerprint density at radius 1 is 1.05 bits per heavy atom. The first-order valence-corrected chi connectivity index (χ1v) is 7.39. The Kier molecular flexibility index (Phi) is 3.78. The van der Waals surface area contributed by atoms with E-state index in [0.29, 0.717) is 0 Å².